The number of ketones is 1. The molecule has 1 aromatic carbocycles. The molecule has 26 heavy (non-hydrogen) atoms. The highest BCUT2D eigenvalue weighted by Crippen LogP contribution is 2.31. The van der Waals surface area contributed by atoms with Crippen molar-refractivity contribution >= 4 is 28.8 Å². The van der Waals surface area contributed by atoms with Crippen LogP contribution in [0.1, 0.15) is 19.4 Å². The zero-order valence-electron chi connectivity index (χ0n) is 14.3. The molecular formula is C18H19F3N4O. The molecule has 3 N–H and O–H groups in total. The molecule has 0 spiro atoms. The zero-order valence-corrected chi connectivity index (χ0v) is 14.3. The van der Waals surface area contributed by atoms with Gasteiger partial charge in [0.05, 0.1) is 17.0 Å². The summed E-state index contributed by atoms with van der Waals surface area (Å²) < 4.78 is 37.9. The number of allylic oxidation sites excluding steroid dienone is 2. The third-order valence-electron chi connectivity index (χ3n) is 2.95. The van der Waals surface area contributed by atoms with Gasteiger partial charge in [0.15, 0.2) is 0 Å². The number of aliphatic imine (C=N–C) groups is 2. The van der Waals surface area contributed by atoms with Gasteiger partial charge in [-0.2, -0.15) is 13.2 Å². The van der Waals surface area contributed by atoms with Gasteiger partial charge in [0.25, 0.3) is 0 Å². The molecule has 0 fully saturated rings. The second-order valence-corrected chi connectivity index (χ2v) is 5.65. The predicted molar refractivity (Wildman–Crippen MR) is 96.3 cm³/mol. The van der Waals surface area contributed by atoms with Gasteiger partial charge in [-0.05, 0) is 42.3 Å². The molecule has 0 aliphatic rings. The van der Waals surface area contributed by atoms with Gasteiger partial charge < -0.3 is 5.73 Å². The van der Waals surface area contributed by atoms with Crippen LogP contribution < -0.4 is 5.73 Å². The molecular weight excluding hydrogens is 345 g/mol. The lowest BCUT2D eigenvalue weighted by Gasteiger charge is -2.05. The maximum Gasteiger partial charge on any atom is 0.416 e. The van der Waals surface area contributed by atoms with Crippen molar-refractivity contribution in [1.29, 1.82) is 5.41 Å². The van der Waals surface area contributed by atoms with Crippen LogP contribution in [0.5, 0.6) is 0 Å². The zero-order chi connectivity index (χ0) is 19.7. The average molecular weight is 364 g/mol. The van der Waals surface area contributed by atoms with Gasteiger partial charge in [-0.15, -0.1) is 0 Å². The Hall–Kier alpha value is -2.99. The Morgan fingerprint density at radius 2 is 2.08 bits per heavy atom. The third-order valence-corrected chi connectivity index (χ3v) is 2.95. The fraction of sp³-hybridized carbons (Fsp3) is 0.278. The van der Waals surface area contributed by atoms with Crippen LogP contribution in [0.15, 0.2) is 52.6 Å². The Morgan fingerprint density at radius 1 is 1.38 bits per heavy atom. The fourth-order valence-corrected chi connectivity index (χ4v) is 1.70. The molecule has 0 aliphatic carbocycles. The summed E-state index contributed by atoms with van der Waals surface area (Å²) in [5.74, 6) is 1.75. The minimum atomic E-state index is -4.48. The van der Waals surface area contributed by atoms with E-state index in [1.54, 1.807) is 0 Å². The molecule has 5 nitrogen and oxygen atoms in total. The summed E-state index contributed by atoms with van der Waals surface area (Å²) in [5, 5.41) is 7.85. The van der Waals surface area contributed by atoms with Crippen LogP contribution in [0.4, 0.5) is 18.9 Å². The Balaban J connectivity index is 2.96. The number of hydrogen-bond donors (Lipinski definition) is 2. The number of benzene rings is 1. The number of carbonyl (C=O) groups is 1. The van der Waals surface area contributed by atoms with Crippen LogP contribution in [0.2, 0.25) is 0 Å². The summed E-state index contributed by atoms with van der Waals surface area (Å²) in [6.45, 7) is 4.28. The summed E-state index contributed by atoms with van der Waals surface area (Å²) in [6, 6.07) is 4.30. The van der Waals surface area contributed by atoms with Crippen LogP contribution in [0.25, 0.3) is 0 Å². The van der Waals surface area contributed by atoms with Crippen molar-refractivity contribution in [2.75, 3.05) is 6.54 Å². The van der Waals surface area contributed by atoms with Crippen LogP contribution in [-0.4, -0.2) is 29.6 Å². The van der Waals surface area contributed by atoms with E-state index >= 15 is 0 Å². The van der Waals surface area contributed by atoms with Crippen LogP contribution in [0, 0.1) is 11.3 Å². The number of rotatable bonds is 7. The van der Waals surface area contributed by atoms with Gasteiger partial charge >= 0.3 is 6.18 Å². The molecule has 0 radical (unpaired) electrons. The first-order chi connectivity index (χ1) is 12.1. The maximum absolute atomic E-state index is 12.6. The molecule has 0 aliphatic heterocycles. The lowest BCUT2D eigenvalue weighted by Crippen LogP contribution is -2.21. The molecule has 0 amide bonds. The van der Waals surface area contributed by atoms with E-state index in [0.29, 0.717) is 6.54 Å². The highest BCUT2D eigenvalue weighted by Gasteiger charge is 2.30. The Kier molecular flexibility index (Phi) is 7.68. The van der Waals surface area contributed by atoms with Crippen molar-refractivity contribution in [2.45, 2.75) is 20.0 Å². The van der Waals surface area contributed by atoms with E-state index in [1.807, 2.05) is 13.8 Å². The minimum absolute atomic E-state index is 0.00837. The lowest BCUT2D eigenvalue weighted by atomic mass is 10.1. The van der Waals surface area contributed by atoms with Crippen molar-refractivity contribution in [2.24, 2.45) is 21.6 Å². The Labute approximate surface area is 149 Å². The van der Waals surface area contributed by atoms with Gasteiger partial charge in [0.1, 0.15) is 5.71 Å². The lowest BCUT2D eigenvalue weighted by molar-refractivity contribution is -0.137. The normalized spacial score (nSPS) is 12.2. The molecule has 0 aromatic heterocycles. The SMILES string of the molecule is CC(C)CN=C(C=CN)C(=N)C(=O)C=C=Nc1cccc(C(F)(F)F)c1. The minimum Gasteiger partial charge on any atom is -0.405 e. The van der Waals surface area contributed by atoms with E-state index < -0.39 is 23.2 Å². The highest BCUT2D eigenvalue weighted by atomic mass is 19.4. The van der Waals surface area contributed by atoms with Crippen molar-refractivity contribution in [3.05, 3.63) is 48.2 Å². The fourth-order valence-electron chi connectivity index (χ4n) is 1.70. The summed E-state index contributed by atoms with van der Waals surface area (Å²) in [7, 11) is 0. The predicted octanol–water partition coefficient (Wildman–Crippen LogP) is 3.72. The molecule has 0 bridgehead atoms. The van der Waals surface area contributed by atoms with Crippen LogP contribution >= 0.6 is 0 Å². The molecule has 0 saturated carbocycles. The van der Waals surface area contributed by atoms with Crippen molar-refractivity contribution in [3.8, 4) is 0 Å². The molecule has 0 atom stereocenters. The Bertz CT molecular complexity index is 786. The van der Waals surface area contributed by atoms with Crippen molar-refractivity contribution in [3.63, 3.8) is 0 Å². The Morgan fingerprint density at radius 3 is 2.65 bits per heavy atom. The summed E-state index contributed by atoms with van der Waals surface area (Å²) >= 11 is 0. The molecule has 0 unspecified atom stereocenters. The van der Waals surface area contributed by atoms with E-state index in [-0.39, 0.29) is 17.3 Å². The van der Waals surface area contributed by atoms with Gasteiger partial charge in [-0.25, -0.2) is 4.99 Å². The van der Waals surface area contributed by atoms with Crippen molar-refractivity contribution in [1.82, 2.24) is 0 Å². The number of halogens is 3. The topological polar surface area (TPSA) is 91.7 Å². The maximum atomic E-state index is 12.6. The summed E-state index contributed by atoms with van der Waals surface area (Å²) in [5.41, 5.74) is 4.14. The highest BCUT2D eigenvalue weighted by molar-refractivity contribution is 6.70. The molecule has 1 rings (SSSR count). The number of nitrogens with one attached hydrogen (secondary N) is 1. The van der Waals surface area contributed by atoms with E-state index in [9.17, 15) is 18.0 Å². The van der Waals surface area contributed by atoms with E-state index in [2.05, 4.69) is 15.9 Å². The smallest absolute Gasteiger partial charge is 0.405 e. The quantitative estimate of drug-likeness (QED) is 0.570. The van der Waals surface area contributed by atoms with E-state index in [4.69, 9.17) is 11.1 Å². The van der Waals surface area contributed by atoms with Gasteiger partial charge in [0.2, 0.25) is 5.78 Å². The average Bonchev–Trinajstić information content (AvgIpc) is 2.57. The van der Waals surface area contributed by atoms with Gasteiger partial charge in [-0.1, -0.05) is 19.9 Å². The van der Waals surface area contributed by atoms with Gasteiger partial charge in [-0.3, -0.25) is 15.2 Å². The second-order valence-electron chi connectivity index (χ2n) is 5.65. The molecule has 0 saturated heterocycles. The number of nitrogens with zero attached hydrogens (tertiary/aromatic N) is 2. The number of carbonyl (C=O) groups excluding carboxylic acids is 1. The number of nitrogens with two attached hydrogens (primary N) is 1. The molecule has 138 valence electrons. The summed E-state index contributed by atoms with van der Waals surface area (Å²) in [6.07, 6.45) is -1.11. The first-order valence-electron chi connectivity index (χ1n) is 7.68. The van der Waals surface area contributed by atoms with Crippen LogP contribution in [0.3, 0.4) is 0 Å². The van der Waals surface area contributed by atoms with Crippen molar-refractivity contribution < 1.29 is 18.0 Å². The number of hydrogen-bond acceptors (Lipinski definition) is 5. The number of alkyl halides is 3. The molecule has 1 aromatic rings. The summed E-state index contributed by atoms with van der Waals surface area (Å²) in [4.78, 5) is 19.8. The van der Waals surface area contributed by atoms with E-state index in [0.717, 1.165) is 18.2 Å². The van der Waals surface area contributed by atoms with E-state index in [1.165, 1.54) is 24.4 Å². The monoisotopic (exact) mass is 364 g/mol. The standard InChI is InChI=1S/C18H19F3N4O/c1-12(2)11-25-15(6-8-22)17(23)16(26)7-9-24-14-5-3-4-13(10-14)18(19,20)21/h3-8,10,12,23H,11,22H2,1-2H3. The molecule has 0 heterocycles. The first-order valence-corrected chi connectivity index (χ1v) is 7.68. The third kappa shape index (κ3) is 6.86. The first kappa shape index (κ1) is 21.1. The largest absolute Gasteiger partial charge is 0.416 e. The second kappa shape index (κ2) is 9.48. The van der Waals surface area contributed by atoms with Gasteiger partial charge in [0, 0.05) is 12.6 Å². The molecule has 8 heteroatoms. The van der Waals surface area contributed by atoms with Crippen LogP contribution in [-0.2, 0) is 11.0 Å².